The molecule has 2 rings (SSSR count). The fraction of sp³-hybridized carbons (Fsp3) is 0.250. The maximum atomic E-state index is 11.7. The van der Waals surface area contributed by atoms with Crippen molar-refractivity contribution in [1.82, 2.24) is 4.98 Å². The molecule has 0 saturated carbocycles. The molecule has 1 aromatic heterocycles. The van der Waals surface area contributed by atoms with Gasteiger partial charge in [-0.3, -0.25) is 0 Å². The summed E-state index contributed by atoms with van der Waals surface area (Å²) in [5.74, 6) is 0.687. The lowest BCUT2D eigenvalue weighted by atomic mass is 10.2. The molecule has 2 aromatic rings. The van der Waals surface area contributed by atoms with E-state index in [1.54, 1.807) is 20.3 Å². The number of nitrogens with zero attached hydrogens (tertiary/aromatic N) is 1. The first-order valence-electron chi connectivity index (χ1n) is 6.89. The van der Waals surface area contributed by atoms with Crippen LogP contribution in [0, 0.1) is 0 Å². The van der Waals surface area contributed by atoms with E-state index in [1.807, 2.05) is 12.1 Å². The van der Waals surface area contributed by atoms with Crippen LogP contribution in [0.5, 0.6) is 11.5 Å². The molecule has 0 aliphatic heterocycles. The van der Waals surface area contributed by atoms with Crippen LogP contribution in [0.2, 0.25) is 10.2 Å². The molecular weight excluding hydrogens is 355 g/mol. The van der Waals surface area contributed by atoms with E-state index in [0.29, 0.717) is 23.7 Å². The van der Waals surface area contributed by atoms with E-state index in [-0.39, 0.29) is 15.9 Å². The van der Waals surface area contributed by atoms with E-state index in [0.717, 1.165) is 5.56 Å². The van der Waals surface area contributed by atoms with Gasteiger partial charge in [-0.2, -0.15) is 0 Å². The Morgan fingerprint density at radius 1 is 1.17 bits per heavy atom. The maximum absolute atomic E-state index is 11.7. The molecule has 0 bridgehead atoms. The summed E-state index contributed by atoms with van der Waals surface area (Å²) < 4.78 is 15.2. The van der Waals surface area contributed by atoms with Crippen molar-refractivity contribution >= 4 is 34.9 Å². The molecule has 6 nitrogen and oxygen atoms in total. The van der Waals surface area contributed by atoms with Crippen molar-refractivity contribution in [2.75, 3.05) is 26.6 Å². The molecule has 0 saturated heterocycles. The molecule has 0 atom stereocenters. The monoisotopic (exact) mass is 370 g/mol. The molecule has 1 N–H and O–H groups in total. The van der Waals surface area contributed by atoms with Crippen molar-refractivity contribution in [3.05, 3.63) is 45.7 Å². The van der Waals surface area contributed by atoms with Gasteiger partial charge in [0, 0.05) is 24.2 Å². The van der Waals surface area contributed by atoms with Gasteiger partial charge in [-0.25, -0.2) is 9.78 Å². The first-order valence-corrected chi connectivity index (χ1v) is 7.64. The summed E-state index contributed by atoms with van der Waals surface area (Å²) in [6.45, 7) is 0.397. The average molecular weight is 371 g/mol. The van der Waals surface area contributed by atoms with Crippen LogP contribution in [-0.2, 0) is 11.3 Å². The number of ether oxygens (including phenoxy) is 3. The summed E-state index contributed by atoms with van der Waals surface area (Å²) in [6, 6.07) is 6.99. The Hall–Kier alpha value is -2.18. The lowest BCUT2D eigenvalue weighted by molar-refractivity contribution is 0.0594. The number of aromatic nitrogens is 1. The Labute approximate surface area is 149 Å². The van der Waals surface area contributed by atoms with E-state index in [4.69, 9.17) is 32.7 Å². The Bertz CT molecular complexity index is 753. The van der Waals surface area contributed by atoms with E-state index in [2.05, 4.69) is 15.0 Å². The Balaban J connectivity index is 2.26. The van der Waals surface area contributed by atoms with Gasteiger partial charge in [0.2, 0.25) is 0 Å². The average Bonchev–Trinajstić information content (AvgIpc) is 2.61. The number of anilines is 1. The molecular formula is C16H16Cl2N2O4. The molecule has 0 unspecified atom stereocenters. The topological polar surface area (TPSA) is 69.7 Å². The molecule has 0 aliphatic carbocycles. The number of rotatable bonds is 6. The van der Waals surface area contributed by atoms with Crippen LogP contribution in [0.25, 0.3) is 0 Å². The van der Waals surface area contributed by atoms with E-state index in [1.165, 1.54) is 13.2 Å². The van der Waals surface area contributed by atoms with Gasteiger partial charge in [-0.1, -0.05) is 23.2 Å². The lowest BCUT2D eigenvalue weighted by Gasteiger charge is -2.14. The zero-order valence-electron chi connectivity index (χ0n) is 13.4. The van der Waals surface area contributed by atoms with Crippen LogP contribution in [0.3, 0.4) is 0 Å². The van der Waals surface area contributed by atoms with Crippen LogP contribution < -0.4 is 14.8 Å². The van der Waals surface area contributed by atoms with Crippen molar-refractivity contribution in [1.29, 1.82) is 0 Å². The van der Waals surface area contributed by atoms with E-state index < -0.39 is 5.97 Å². The minimum absolute atomic E-state index is 0.0455. The number of carbonyl (C=O) groups excluding carboxylic acids is 1. The molecule has 24 heavy (non-hydrogen) atoms. The van der Waals surface area contributed by atoms with Gasteiger partial charge in [0.05, 0.1) is 32.0 Å². The van der Waals surface area contributed by atoms with E-state index >= 15 is 0 Å². The van der Waals surface area contributed by atoms with Crippen LogP contribution in [-0.4, -0.2) is 32.3 Å². The SMILES string of the molecule is COC(=O)c1nc(Cl)cc(NCc2ccc(OC)cc2OC)c1Cl. The zero-order chi connectivity index (χ0) is 17.7. The van der Waals surface area contributed by atoms with Gasteiger partial charge in [-0.15, -0.1) is 0 Å². The molecule has 128 valence electrons. The Kier molecular flexibility index (Phi) is 6.11. The third kappa shape index (κ3) is 4.01. The number of esters is 1. The standard InChI is InChI=1S/C16H16Cl2N2O4/c1-22-10-5-4-9(12(6-10)23-2)8-19-11-7-13(17)20-15(14(11)18)16(21)24-3/h4-7H,8H2,1-3H3,(H,19,20). The summed E-state index contributed by atoms with van der Waals surface area (Å²) in [5, 5.41) is 3.38. The minimum atomic E-state index is -0.660. The third-order valence-electron chi connectivity index (χ3n) is 3.27. The molecule has 0 aliphatic rings. The number of methoxy groups -OCH3 is 3. The summed E-state index contributed by atoms with van der Waals surface area (Å²) in [6.07, 6.45) is 0. The van der Waals surface area contributed by atoms with Gasteiger partial charge in [0.25, 0.3) is 0 Å². The molecule has 0 spiro atoms. The normalized spacial score (nSPS) is 10.2. The van der Waals surface area contributed by atoms with Gasteiger partial charge in [-0.05, 0) is 12.1 Å². The number of halogens is 2. The fourth-order valence-corrected chi connectivity index (χ4v) is 2.48. The van der Waals surface area contributed by atoms with Crippen molar-refractivity contribution in [3.8, 4) is 11.5 Å². The number of hydrogen-bond donors (Lipinski definition) is 1. The van der Waals surface area contributed by atoms with Crippen LogP contribution in [0.15, 0.2) is 24.3 Å². The number of nitrogens with one attached hydrogen (secondary N) is 1. The van der Waals surface area contributed by atoms with Gasteiger partial charge in [0.15, 0.2) is 5.69 Å². The number of benzene rings is 1. The Morgan fingerprint density at radius 2 is 1.92 bits per heavy atom. The molecule has 0 radical (unpaired) electrons. The van der Waals surface area contributed by atoms with Gasteiger partial charge < -0.3 is 19.5 Å². The van der Waals surface area contributed by atoms with Crippen molar-refractivity contribution in [3.63, 3.8) is 0 Å². The number of carbonyl (C=O) groups is 1. The first-order chi connectivity index (χ1) is 11.5. The first kappa shape index (κ1) is 18.2. The van der Waals surface area contributed by atoms with Crippen LogP contribution in [0.1, 0.15) is 16.1 Å². The smallest absolute Gasteiger partial charge is 0.358 e. The molecule has 1 aromatic carbocycles. The third-order valence-corrected chi connectivity index (χ3v) is 3.84. The molecule has 8 heteroatoms. The molecule has 0 amide bonds. The maximum Gasteiger partial charge on any atom is 0.358 e. The van der Waals surface area contributed by atoms with Crippen molar-refractivity contribution in [2.45, 2.75) is 6.54 Å². The second-order valence-electron chi connectivity index (χ2n) is 4.68. The van der Waals surface area contributed by atoms with E-state index in [9.17, 15) is 4.79 Å². The summed E-state index contributed by atoms with van der Waals surface area (Å²) in [4.78, 5) is 15.6. The predicted octanol–water partition coefficient (Wildman–Crippen LogP) is 3.80. The second kappa shape index (κ2) is 8.08. The fourth-order valence-electron chi connectivity index (χ4n) is 2.05. The highest BCUT2D eigenvalue weighted by atomic mass is 35.5. The van der Waals surface area contributed by atoms with Crippen molar-refractivity contribution in [2.24, 2.45) is 0 Å². The van der Waals surface area contributed by atoms with Crippen LogP contribution >= 0.6 is 23.2 Å². The summed E-state index contributed by atoms with van der Waals surface area (Å²) >= 11 is 12.2. The molecule has 0 fully saturated rings. The largest absolute Gasteiger partial charge is 0.497 e. The predicted molar refractivity (Wildman–Crippen MR) is 92.5 cm³/mol. The summed E-state index contributed by atoms with van der Waals surface area (Å²) in [7, 11) is 4.40. The summed E-state index contributed by atoms with van der Waals surface area (Å²) in [5.41, 5.74) is 1.30. The Morgan fingerprint density at radius 3 is 2.54 bits per heavy atom. The highest BCUT2D eigenvalue weighted by Gasteiger charge is 2.18. The van der Waals surface area contributed by atoms with Gasteiger partial charge in [0.1, 0.15) is 16.7 Å². The zero-order valence-corrected chi connectivity index (χ0v) is 14.9. The molecule has 1 heterocycles. The van der Waals surface area contributed by atoms with Crippen LogP contribution in [0.4, 0.5) is 5.69 Å². The quantitative estimate of drug-likeness (QED) is 0.615. The second-order valence-corrected chi connectivity index (χ2v) is 5.44. The highest BCUT2D eigenvalue weighted by Crippen LogP contribution is 2.30. The number of pyridine rings is 1. The highest BCUT2D eigenvalue weighted by molar-refractivity contribution is 6.37. The number of hydrogen-bond acceptors (Lipinski definition) is 6. The lowest BCUT2D eigenvalue weighted by Crippen LogP contribution is -2.09. The van der Waals surface area contributed by atoms with Gasteiger partial charge >= 0.3 is 5.97 Å². The minimum Gasteiger partial charge on any atom is -0.497 e. The van der Waals surface area contributed by atoms with Crippen molar-refractivity contribution < 1.29 is 19.0 Å².